The Balaban J connectivity index is 4.36. The third-order valence-electron chi connectivity index (χ3n) is 1.33. The maximum Gasteiger partial charge on any atom is 0.249 e. The van der Waals surface area contributed by atoms with Crippen molar-refractivity contribution in [3.63, 3.8) is 0 Å². The second-order valence-corrected chi connectivity index (χ2v) is 2.22. The van der Waals surface area contributed by atoms with E-state index in [2.05, 4.69) is 5.73 Å². The highest BCUT2D eigenvalue weighted by atomic mass is 16.4. The Hall–Kier alpha value is -0.690. The molecule has 6 heteroatoms. The third kappa shape index (κ3) is 2.12. The smallest absolute Gasteiger partial charge is 0.249 e. The lowest BCUT2D eigenvalue weighted by Crippen LogP contribution is -2.54. The van der Waals surface area contributed by atoms with Crippen LogP contribution < -0.4 is 5.73 Å². The number of carbonyl (C=O) groups is 1. The first-order valence-corrected chi connectivity index (χ1v) is 2.89. The molecule has 6 nitrogen and oxygen atoms in total. The van der Waals surface area contributed by atoms with E-state index in [1.807, 2.05) is 0 Å². The van der Waals surface area contributed by atoms with Gasteiger partial charge < -0.3 is 26.2 Å². The Morgan fingerprint density at radius 3 is 1.91 bits per heavy atom. The molecule has 0 bridgehead atoms. The summed E-state index contributed by atoms with van der Waals surface area (Å²) >= 11 is 0. The predicted molar refractivity (Wildman–Crippen MR) is 34.3 cm³/mol. The predicted octanol–water partition coefficient (Wildman–Crippen LogP) is -3.45. The molecule has 0 saturated heterocycles. The second kappa shape index (κ2) is 3.63. The Labute approximate surface area is 62.9 Å². The minimum absolute atomic E-state index is 0.937. The Bertz CT molecular complexity index is 144. The van der Waals surface area contributed by atoms with Gasteiger partial charge in [-0.05, 0) is 0 Å². The molecule has 0 aliphatic heterocycles. The molecule has 1 amide bonds. The number of carbonyl (C=O) groups excluding carboxylic acids is 1. The maximum absolute atomic E-state index is 10.3. The summed E-state index contributed by atoms with van der Waals surface area (Å²) in [6.07, 6.45) is -1.96. The van der Waals surface area contributed by atoms with Gasteiger partial charge in [0, 0.05) is 0 Å². The van der Waals surface area contributed by atoms with Gasteiger partial charge in [-0.25, -0.2) is 0 Å². The molecule has 0 aromatic carbocycles. The van der Waals surface area contributed by atoms with Gasteiger partial charge in [-0.1, -0.05) is 0 Å². The molecule has 66 valence electrons. The fourth-order valence-corrected chi connectivity index (χ4v) is 0.488. The van der Waals surface area contributed by atoms with Crippen LogP contribution in [0.25, 0.3) is 0 Å². The summed E-state index contributed by atoms with van der Waals surface area (Å²) in [5.41, 5.74) is 2.36. The van der Waals surface area contributed by atoms with Crippen LogP contribution in [0, 0.1) is 0 Å². The van der Waals surface area contributed by atoms with Gasteiger partial charge in [0.15, 0.2) is 6.10 Å². The van der Waals surface area contributed by atoms with E-state index in [-0.39, 0.29) is 0 Å². The van der Waals surface area contributed by atoms with E-state index in [1.54, 1.807) is 0 Å². The highest BCUT2D eigenvalue weighted by molar-refractivity contribution is 5.80. The molecule has 0 aromatic heterocycles. The molecule has 0 saturated carbocycles. The van der Waals surface area contributed by atoms with Crippen LogP contribution in [0.3, 0.4) is 0 Å². The van der Waals surface area contributed by atoms with Crippen molar-refractivity contribution in [2.45, 2.75) is 11.7 Å². The van der Waals surface area contributed by atoms with Crippen LogP contribution in [0.1, 0.15) is 0 Å². The molecular formula is C5H11NO5. The first kappa shape index (κ1) is 10.3. The molecule has 1 atom stereocenters. The van der Waals surface area contributed by atoms with Gasteiger partial charge in [0.25, 0.3) is 0 Å². The summed E-state index contributed by atoms with van der Waals surface area (Å²) in [7, 11) is 0. The van der Waals surface area contributed by atoms with Crippen LogP contribution in [0.2, 0.25) is 0 Å². The number of nitrogens with two attached hydrogens (primary N) is 1. The Morgan fingerprint density at radius 2 is 1.82 bits per heavy atom. The fourth-order valence-electron chi connectivity index (χ4n) is 0.488. The summed E-state index contributed by atoms with van der Waals surface area (Å²) in [5.74, 6) is -1.20. The third-order valence-corrected chi connectivity index (χ3v) is 1.33. The van der Waals surface area contributed by atoms with Crippen LogP contribution in [0.5, 0.6) is 0 Å². The second-order valence-electron chi connectivity index (χ2n) is 2.22. The molecule has 0 rings (SSSR count). The topological polar surface area (TPSA) is 124 Å². The number of aliphatic hydroxyl groups is 4. The molecule has 11 heavy (non-hydrogen) atoms. The van der Waals surface area contributed by atoms with E-state index in [0.29, 0.717) is 0 Å². The molecular weight excluding hydrogens is 154 g/mol. The molecule has 0 aromatic rings. The first-order chi connectivity index (χ1) is 4.98. The van der Waals surface area contributed by atoms with Gasteiger partial charge >= 0.3 is 0 Å². The zero-order valence-corrected chi connectivity index (χ0v) is 5.77. The van der Waals surface area contributed by atoms with Crippen LogP contribution in [0.4, 0.5) is 0 Å². The van der Waals surface area contributed by atoms with Gasteiger partial charge in [0.2, 0.25) is 5.91 Å². The zero-order chi connectivity index (χ0) is 9.07. The first-order valence-electron chi connectivity index (χ1n) is 2.89. The Morgan fingerprint density at radius 1 is 1.45 bits per heavy atom. The minimum atomic E-state index is -2.24. The van der Waals surface area contributed by atoms with Gasteiger partial charge in [-0.3, -0.25) is 4.79 Å². The average molecular weight is 165 g/mol. The van der Waals surface area contributed by atoms with Gasteiger partial charge in [0.1, 0.15) is 5.60 Å². The molecule has 0 radical (unpaired) electrons. The van der Waals surface area contributed by atoms with E-state index >= 15 is 0 Å². The number of rotatable bonds is 4. The molecule has 0 fully saturated rings. The van der Waals surface area contributed by atoms with Crippen LogP contribution in [-0.2, 0) is 4.79 Å². The largest absolute Gasteiger partial charge is 0.393 e. The molecule has 0 spiro atoms. The van der Waals surface area contributed by atoms with Crippen molar-refractivity contribution in [3.8, 4) is 0 Å². The summed E-state index contributed by atoms with van der Waals surface area (Å²) in [6, 6.07) is 0. The van der Waals surface area contributed by atoms with Gasteiger partial charge in [-0.2, -0.15) is 0 Å². The molecule has 0 unspecified atom stereocenters. The van der Waals surface area contributed by atoms with E-state index in [1.165, 1.54) is 0 Å². The lowest BCUT2D eigenvalue weighted by Gasteiger charge is -2.26. The molecule has 0 aliphatic rings. The lowest BCUT2D eigenvalue weighted by molar-refractivity contribution is -0.157. The van der Waals surface area contributed by atoms with Gasteiger partial charge in [-0.15, -0.1) is 0 Å². The number of hydrogen-bond donors (Lipinski definition) is 5. The van der Waals surface area contributed by atoms with E-state index in [4.69, 9.17) is 20.4 Å². The Kier molecular flexibility index (Phi) is 3.40. The fraction of sp³-hybridized carbons (Fsp3) is 0.800. The number of primary amides is 1. The molecule has 0 aliphatic carbocycles. The van der Waals surface area contributed by atoms with Crippen molar-refractivity contribution in [2.75, 3.05) is 13.2 Å². The van der Waals surface area contributed by atoms with Gasteiger partial charge in [0.05, 0.1) is 13.2 Å². The quantitative estimate of drug-likeness (QED) is 0.296. The summed E-state index contributed by atoms with van der Waals surface area (Å²) in [4.78, 5) is 10.3. The van der Waals surface area contributed by atoms with E-state index < -0.39 is 30.8 Å². The summed E-state index contributed by atoms with van der Waals surface area (Å²) < 4.78 is 0. The van der Waals surface area contributed by atoms with Crippen molar-refractivity contribution >= 4 is 5.91 Å². The van der Waals surface area contributed by atoms with Crippen molar-refractivity contribution in [2.24, 2.45) is 5.73 Å². The lowest BCUT2D eigenvalue weighted by atomic mass is 9.98. The van der Waals surface area contributed by atoms with Crippen molar-refractivity contribution in [1.29, 1.82) is 0 Å². The normalized spacial score (nSPS) is 14.5. The van der Waals surface area contributed by atoms with Crippen LogP contribution in [0.15, 0.2) is 0 Å². The zero-order valence-electron chi connectivity index (χ0n) is 5.77. The number of aliphatic hydroxyl groups excluding tert-OH is 3. The molecule has 0 heterocycles. The highest BCUT2D eigenvalue weighted by Crippen LogP contribution is 2.08. The van der Waals surface area contributed by atoms with E-state index in [9.17, 15) is 4.79 Å². The SMILES string of the molecule is NC(=O)[C@H](O)C(O)(CO)CO. The van der Waals surface area contributed by atoms with Crippen LogP contribution in [-0.4, -0.2) is 51.3 Å². The number of hydrogen-bond acceptors (Lipinski definition) is 5. The van der Waals surface area contributed by atoms with E-state index in [0.717, 1.165) is 0 Å². The maximum atomic E-state index is 10.3. The average Bonchev–Trinajstić information content (AvgIpc) is 2.01. The minimum Gasteiger partial charge on any atom is -0.393 e. The summed E-state index contributed by atoms with van der Waals surface area (Å²) in [5, 5.41) is 34.7. The number of amides is 1. The highest BCUT2D eigenvalue weighted by Gasteiger charge is 2.38. The standard InChI is InChI=1S/C5H11NO5/c6-4(10)3(9)5(11,1-7)2-8/h3,7-9,11H,1-2H2,(H2,6,10)/t3-/m0/s1. The van der Waals surface area contributed by atoms with Crippen LogP contribution >= 0.6 is 0 Å². The van der Waals surface area contributed by atoms with Crippen molar-refractivity contribution < 1.29 is 25.2 Å². The monoisotopic (exact) mass is 165 g/mol. The molecule has 6 N–H and O–H groups in total. The summed E-state index contributed by atoms with van der Waals surface area (Å²) in [6.45, 7) is -1.87. The van der Waals surface area contributed by atoms with Crippen molar-refractivity contribution in [1.82, 2.24) is 0 Å². The van der Waals surface area contributed by atoms with Crippen molar-refractivity contribution in [3.05, 3.63) is 0 Å².